The molecule has 0 saturated heterocycles. The summed E-state index contributed by atoms with van der Waals surface area (Å²) >= 11 is 13.8. The van der Waals surface area contributed by atoms with Crippen LogP contribution >= 0.6 is 35.0 Å². The zero-order valence-corrected chi connectivity index (χ0v) is 17.8. The van der Waals surface area contributed by atoms with Crippen molar-refractivity contribution in [3.05, 3.63) is 64.1 Å². The molecule has 1 N–H and O–H groups in total. The SMILES string of the molecule is CS(=O)(=O)N(CC(=O)NCCSCc1ccccc1)c1cccc(Cl)c1Cl. The lowest BCUT2D eigenvalue weighted by molar-refractivity contribution is -0.119. The number of anilines is 1. The highest BCUT2D eigenvalue weighted by Gasteiger charge is 2.23. The van der Waals surface area contributed by atoms with Crippen LogP contribution in [0.15, 0.2) is 48.5 Å². The van der Waals surface area contributed by atoms with Crippen molar-refractivity contribution in [2.24, 2.45) is 0 Å². The third-order valence-corrected chi connectivity index (χ3v) is 6.53. The first-order valence-electron chi connectivity index (χ1n) is 8.09. The van der Waals surface area contributed by atoms with E-state index in [0.717, 1.165) is 22.1 Å². The van der Waals surface area contributed by atoms with E-state index in [1.807, 2.05) is 30.3 Å². The molecular weight excluding hydrogens is 427 g/mol. The number of carbonyl (C=O) groups is 1. The van der Waals surface area contributed by atoms with E-state index in [9.17, 15) is 13.2 Å². The van der Waals surface area contributed by atoms with Crippen molar-refractivity contribution < 1.29 is 13.2 Å². The minimum atomic E-state index is -3.70. The number of amides is 1. The molecule has 0 aliphatic rings. The van der Waals surface area contributed by atoms with Gasteiger partial charge in [-0.3, -0.25) is 9.10 Å². The standard InChI is InChI=1S/C18H20Cl2N2O3S2/c1-27(24,25)22(16-9-5-8-15(19)18(16)20)12-17(23)21-10-11-26-13-14-6-3-2-4-7-14/h2-9H,10-13H2,1H3,(H,21,23). The number of hydrogen-bond donors (Lipinski definition) is 1. The molecule has 2 aromatic rings. The lowest BCUT2D eigenvalue weighted by Crippen LogP contribution is -2.41. The molecular formula is C18H20Cl2N2O3S2. The minimum Gasteiger partial charge on any atom is -0.354 e. The van der Waals surface area contributed by atoms with Gasteiger partial charge in [-0.05, 0) is 17.7 Å². The van der Waals surface area contributed by atoms with Gasteiger partial charge in [0.05, 0.1) is 22.0 Å². The Hall–Kier alpha value is -1.41. The quantitative estimate of drug-likeness (QED) is 0.594. The molecule has 0 saturated carbocycles. The summed E-state index contributed by atoms with van der Waals surface area (Å²) in [6, 6.07) is 14.7. The third kappa shape index (κ3) is 6.92. The van der Waals surface area contributed by atoms with E-state index < -0.39 is 15.9 Å². The molecule has 0 fully saturated rings. The number of halogens is 2. The van der Waals surface area contributed by atoms with E-state index in [-0.39, 0.29) is 22.3 Å². The molecule has 0 aromatic heterocycles. The fourth-order valence-electron chi connectivity index (χ4n) is 2.28. The highest BCUT2D eigenvalue weighted by atomic mass is 35.5. The first kappa shape index (κ1) is 21.9. The highest BCUT2D eigenvalue weighted by molar-refractivity contribution is 7.98. The largest absolute Gasteiger partial charge is 0.354 e. The van der Waals surface area contributed by atoms with E-state index in [0.29, 0.717) is 6.54 Å². The van der Waals surface area contributed by atoms with Crippen LogP contribution in [0.1, 0.15) is 5.56 Å². The van der Waals surface area contributed by atoms with E-state index in [1.54, 1.807) is 23.9 Å². The van der Waals surface area contributed by atoms with Gasteiger partial charge in [-0.25, -0.2) is 8.42 Å². The lowest BCUT2D eigenvalue weighted by Gasteiger charge is -2.23. The number of nitrogens with zero attached hydrogens (tertiary/aromatic N) is 1. The van der Waals surface area contributed by atoms with Gasteiger partial charge in [0.25, 0.3) is 0 Å². The Labute approximate surface area is 174 Å². The molecule has 2 aromatic carbocycles. The second-order valence-corrected chi connectivity index (χ2v) is 9.53. The summed E-state index contributed by atoms with van der Waals surface area (Å²) < 4.78 is 25.2. The third-order valence-electron chi connectivity index (χ3n) is 3.57. The number of rotatable bonds is 9. The van der Waals surface area contributed by atoms with Crippen molar-refractivity contribution in [1.29, 1.82) is 0 Å². The molecule has 1 amide bonds. The van der Waals surface area contributed by atoms with Gasteiger partial charge in [0.1, 0.15) is 6.54 Å². The Kier molecular flexibility index (Phi) is 8.28. The Bertz CT molecular complexity index is 877. The Morgan fingerprint density at radius 3 is 2.48 bits per heavy atom. The van der Waals surface area contributed by atoms with Crippen LogP contribution in [0.2, 0.25) is 10.0 Å². The summed E-state index contributed by atoms with van der Waals surface area (Å²) in [5, 5.41) is 3.05. The maximum atomic E-state index is 12.2. The second-order valence-electron chi connectivity index (χ2n) is 5.73. The molecule has 2 rings (SSSR count). The summed E-state index contributed by atoms with van der Waals surface area (Å²) in [4.78, 5) is 12.2. The molecule has 0 radical (unpaired) electrons. The van der Waals surface area contributed by atoms with E-state index >= 15 is 0 Å². The van der Waals surface area contributed by atoms with Crippen molar-refractivity contribution >= 4 is 56.6 Å². The summed E-state index contributed by atoms with van der Waals surface area (Å²) in [6.45, 7) is 0.0828. The van der Waals surface area contributed by atoms with Gasteiger partial charge in [0.15, 0.2) is 0 Å². The minimum absolute atomic E-state index is 0.0933. The van der Waals surface area contributed by atoms with Crippen molar-refractivity contribution in [3.63, 3.8) is 0 Å². The fraction of sp³-hybridized carbons (Fsp3) is 0.278. The van der Waals surface area contributed by atoms with Gasteiger partial charge in [0, 0.05) is 18.1 Å². The average molecular weight is 447 g/mol. The number of thioether (sulfide) groups is 1. The molecule has 0 heterocycles. The molecule has 0 aliphatic heterocycles. The topological polar surface area (TPSA) is 66.5 Å². The average Bonchev–Trinajstić information content (AvgIpc) is 2.62. The monoisotopic (exact) mass is 446 g/mol. The van der Waals surface area contributed by atoms with Gasteiger partial charge in [-0.1, -0.05) is 59.6 Å². The zero-order valence-electron chi connectivity index (χ0n) is 14.7. The van der Waals surface area contributed by atoms with E-state index in [2.05, 4.69) is 5.32 Å². The Morgan fingerprint density at radius 2 is 1.81 bits per heavy atom. The van der Waals surface area contributed by atoms with E-state index in [1.165, 1.54) is 11.6 Å². The molecule has 0 aliphatic carbocycles. The van der Waals surface area contributed by atoms with Crippen LogP contribution in [-0.2, 0) is 20.6 Å². The van der Waals surface area contributed by atoms with Crippen LogP contribution in [0.5, 0.6) is 0 Å². The maximum Gasteiger partial charge on any atom is 0.240 e. The summed E-state index contributed by atoms with van der Waals surface area (Å²) in [5.41, 5.74) is 1.40. The normalized spacial score (nSPS) is 11.2. The number of benzene rings is 2. The molecule has 0 bridgehead atoms. The molecule has 27 heavy (non-hydrogen) atoms. The smallest absolute Gasteiger partial charge is 0.240 e. The van der Waals surface area contributed by atoms with Crippen LogP contribution in [0.3, 0.4) is 0 Å². The number of nitrogens with one attached hydrogen (secondary N) is 1. The number of sulfonamides is 1. The van der Waals surface area contributed by atoms with Crippen molar-refractivity contribution in [1.82, 2.24) is 5.32 Å². The summed E-state index contributed by atoms with van der Waals surface area (Å²) in [6.07, 6.45) is 1.02. The van der Waals surface area contributed by atoms with Crippen molar-refractivity contribution in [3.8, 4) is 0 Å². The molecule has 9 heteroatoms. The molecule has 0 spiro atoms. The first-order valence-corrected chi connectivity index (χ1v) is 11.8. The van der Waals surface area contributed by atoms with Crippen LogP contribution in [-0.4, -0.2) is 39.4 Å². The Balaban J connectivity index is 1.88. The lowest BCUT2D eigenvalue weighted by atomic mass is 10.2. The Morgan fingerprint density at radius 1 is 1.11 bits per heavy atom. The fourth-order valence-corrected chi connectivity index (χ4v) is 4.41. The highest BCUT2D eigenvalue weighted by Crippen LogP contribution is 2.33. The van der Waals surface area contributed by atoms with Crippen LogP contribution in [0.25, 0.3) is 0 Å². The maximum absolute atomic E-state index is 12.2. The van der Waals surface area contributed by atoms with E-state index in [4.69, 9.17) is 23.2 Å². The van der Waals surface area contributed by atoms with Crippen molar-refractivity contribution in [2.75, 3.05) is 29.4 Å². The molecule has 146 valence electrons. The van der Waals surface area contributed by atoms with Gasteiger partial charge in [0.2, 0.25) is 15.9 Å². The molecule has 0 atom stereocenters. The van der Waals surface area contributed by atoms with Crippen LogP contribution < -0.4 is 9.62 Å². The van der Waals surface area contributed by atoms with Crippen LogP contribution in [0, 0.1) is 0 Å². The predicted octanol–water partition coefficient (Wildman–Crippen LogP) is 3.81. The van der Waals surface area contributed by atoms with Crippen molar-refractivity contribution in [2.45, 2.75) is 5.75 Å². The number of hydrogen-bond acceptors (Lipinski definition) is 4. The number of carbonyl (C=O) groups excluding carboxylic acids is 1. The van der Waals surface area contributed by atoms with Gasteiger partial charge in [-0.2, -0.15) is 11.8 Å². The van der Waals surface area contributed by atoms with Gasteiger partial charge < -0.3 is 5.32 Å². The van der Waals surface area contributed by atoms with Gasteiger partial charge >= 0.3 is 0 Å². The summed E-state index contributed by atoms with van der Waals surface area (Å²) in [7, 11) is -3.70. The van der Waals surface area contributed by atoms with Gasteiger partial charge in [-0.15, -0.1) is 0 Å². The first-order chi connectivity index (χ1) is 12.8. The molecule has 5 nitrogen and oxygen atoms in total. The second kappa shape index (κ2) is 10.2. The zero-order chi connectivity index (χ0) is 19.9. The summed E-state index contributed by atoms with van der Waals surface area (Å²) in [5.74, 6) is 1.17. The predicted molar refractivity (Wildman–Crippen MR) is 114 cm³/mol. The van der Waals surface area contributed by atoms with Crippen LogP contribution in [0.4, 0.5) is 5.69 Å². The molecule has 0 unspecified atom stereocenters.